The molecule has 0 fully saturated rings. The quantitative estimate of drug-likeness (QED) is 0.734. The minimum atomic E-state index is 0. The first-order chi connectivity index (χ1) is 7.83. The van der Waals surface area contributed by atoms with Gasteiger partial charge < -0.3 is 10.2 Å². The van der Waals surface area contributed by atoms with E-state index in [2.05, 4.69) is 47.6 Å². The average Bonchev–Trinajstić information content (AvgIpc) is 2.33. The molecule has 0 aliphatic carbocycles. The number of nitrogens with zero attached hydrogens (tertiary/aromatic N) is 1. The van der Waals surface area contributed by atoms with E-state index in [1.165, 1.54) is 17.9 Å². The zero-order valence-electron chi connectivity index (χ0n) is 10.7. The molecule has 2 nitrogen and oxygen atoms in total. The molecule has 0 aromatic heterocycles. The van der Waals surface area contributed by atoms with Gasteiger partial charge >= 0.3 is 0 Å². The molecule has 0 atom stereocenters. The summed E-state index contributed by atoms with van der Waals surface area (Å²) in [4.78, 5) is 2.37. The van der Waals surface area contributed by atoms with Crippen molar-refractivity contribution in [2.45, 2.75) is 5.75 Å². The van der Waals surface area contributed by atoms with E-state index in [9.17, 15) is 0 Å². The molecule has 1 rings (SSSR count). The first-order valence-electron chi connectivity index (χ1n) is 5.77. The lowest BCUT2D eigenvalue weighted by Crippen LogP contribution is -2.29. The van der Waals surface area contributed by atoms with Crippen molar-refractivity contribution >= 4 is 24.2 Å². The monoisotopic (exact) mass is 274 g/mol. The molecule has 0 saturated carbocycles. The minimum absolute atomic E-state index is 0. The van der Waals surface area contributed by atoms with E-state index >= 15 is 0 Å². The van der Waals surface area contributed by atoms with Crippen molar-refractivity contribution in [3.63, 3.8) is 0 Å². The Balaban J connectivity index is 0.00000256. The predicted molar refractivity (Wildman–Crippen MR) is 81.3 cm³/mol. The lowest BCUT2D eigenvalue weighted by Gasteiger charge is -2.15. The largest absolute Gasteiger partial charge is 0.318 e. The van der Waals surface area contributed by atoms with Crippen molar-refractivity contribution in [3.05, 3.63) is 35.9 Å². The second kappa shape index (κ2) is 10.9. The maximum atomic E-state index is 3.17. The molecule has 0 radical (unpaired) electrons. The summed E-state index contributed by atoms with van der Waals surface area (Å²) in [5.41, 5.74) is 1.42. The Morgan fingerprint density at radius 3 is 2.53 bits per heavy atom. The van der Waals surface area contributed by atoms with Crippen molar-refractivity contribution in [2.75, 3.05) is 39.5 Å². The molecule has 0 bridgehead atoms. The molecule has 0 amide bonds. The van der Waals surface area contributed by atoms with Gasteiger partial charge in [-0.25, -0.2) is 0 Å². The van der Waals surface area contributed by atoms with E-state index in [-0.39, 0.29) is 12.4 Å². The van der Waals surface area contributed by atoms with E-state index in [1.807, 2.05) is 18.8 Å². The molecule has 17 heavy (non-hydrogen) atoms. The van der Waals surface area contributed by atoms with Gasteiger partial charge in [-0.3, -0.25) is 0 Å². The molecular weight excluding hydrogens is 252 g/mol. The molecule has 0 heterocycles. The van der Waals surface area contributed by atoms with Crippen LogP contribution in [0.1, 0.15) is 5.56 Å². The molecule has 0 unspecified atom stereocenters. The van der Waals surface area contributed by atoms with Gasteiger partial charge in [0.2, 0.25) is 0 Å². The number of hydrogen-bond donors (Lipinski definition) is 1. The highest BCUT2D eigenvalue weighted by Gasteiger charge is 1.97. The van der Waals surface area contributed by atoms with Crippen LogP contribution in [0.15, 0.2) is 30.3 Å². The standard InChI is InChI=1S/C13H22N2S.ClH/c1-14-8-9-15(2)10-11-16-12-13-6-4-3-5-7-13;/h3-7,14H,8-12H2,1-2H3;1H. The molecule has 0 aliphatic heterocycles. The van der Waals surface area contributed by atoms with Gasteiger partial charge in [0.15, 0.2) is 0 Å². The van der Waals surface area contributed by atoms with Crippen LogP contribution in [0.25, 0.3) is 0 Å². The Labute approximate surface area is 116 Å². The van der Waals surface area contributed by atoms with Crippen LogP contribution < -0.4 is 5.32 Å². The van der Waals surface area contributed by atoms with Crippen molar-refractivity contribution < 1.29 is 0 Å². The first-order valence-corrected chi connectivity index (χ1v) is 6.93. The van der Waals surface area contributed by atoms with Gasteiger partial charge in [0.1, 0.15) is 0 Å². The molecule has 0 saturated heterocycles. The normalized spacial score (nSPS) is 10.3. The van der Waals surface area contributed by atoms with Crippen molar-refractivity contribution in [2.24, 2.45) is 0 Å². The topological polar surface area (TPSA) is 15.3 Å². The van der Waals surface area contributed by atoms with Crippen molar-refractivity contribution in [3.8, 4) is 0 Å². The van der Waals surface area contributed by atoms with Gasteiger partial charge in [-0.05, 0) is 19.7 Å². The molecule has 4 heteroatoms. The van der Waals surface area contributed by atoms with Gasteiger partial charge in [0, 0.05) is 31.1 Å². The second-order valence-corrected chi connectivity index (χ2v) is 5.05. The zero-order valence-corrected chi connectivity index (χ0v) is 12.3. The van der Waals surface area contributed by atoms with E-state index < -0.39 is 0 Å². The van der Waals surface area contributed by atoms with E-state index in [4.69, 9.17) is 0 Å². The highest BCUT2D eigenvalue weighted by atomic mass is 35.5. The molecule has 1 N–H and O–H groups in total. The van der Waals surface area contributed by atoms with E-state index in [0.29, 0.717) is 0 Å². The highest BCUT2D eigenvalue weighted by molar-refractivity contribution is 7.98. The number of likely N-dealkylation sites (N-methyl/N-ethyl adjacent to an activating group) is 2. The Hall–Kier alpha value is -0.220. The maximum absolute atomic E-state index is 3.17. The molecule has 1 aromatic carbocycles. The summed E-state index contributed by atoms with van der Waals surface area (Å²) < 4.78 is 0. The molecule has 0 spiro atoms. The van der Waals surface area contributed by atoms with Crippen LogP contribution in [0.4, 0.5) is 0 Å². The summed E-state index contributed by atoms with van der Waals surface area (Å²) in [7, 11) is 4.18. The van der Waals surface area contributed by atoms with Gasteiger partial charge in [0.25, 0.3) is 0 Å². The van der Waals surface area contributed by atoms with Gasteiger partial charge in [0.05, 0.1) is 0 Å². The Morgan fingerprint density at radius 2 is 1.88 bits per heavy atom. The lowest BCUT2D eigenvalue weighted by molar-refractivity contribution is 0.356. The fourth-order valence-electron chi connectivity index (χ4n) is 1.40. The summed E-state index contributed by atoms with van der Waals surface area (Å²) in [6.45, 7) is 3.36. The van der Waals surface area contributed by atoms with Crippen LogP contribution in [-0.2, 0) is 5.75 Å². The fraction of sp³-hybridized carbons (Fsp3) is 0.538. The summed E-state index contributed by atoms with van der Waals surface area (Å²) in [6, 6.07) is 10.7. The SMILES string of the molecule is CNCCN(C)CCSCc1ccccc1.Cl. The van der Waals surface area contributed by atoms with Crippen LogP contribution >= 0.6 is 24.2 Å². The summed E-state index contributed by atoms with van der Waals surface area (Å²) in [5, 5.41) is 3.17. The van der Waals surface area contributed by atoms with Crippen molar-refractivity contribution in [1.82, 2.24) is 10.2 Å². The molecule has 98 valence electrons. The second-order valence-electron chi connectivity index (χ2n) is 3.95. The van der Waals surface area contributed by atoms with Crippen LogP contribution in [0.2, 0.25) is 0 Å². The van der Waals surface area contributed by atoms with Crippen molar-refractivity contribution in [1.29, 1.82) is 0 Å². The third-order valence-corrected chi connectivity index (χ3v) is 3.48. The van der Waals surface area contributed by atoms with Crippen LogP contribution in [0, 0.1) is 0 Å². The Morgan fingerprint density at radius 1 is 1.18 bits per heavy atom. The van der Waals surface area contributed by atoms with E-state index in [0.717, 1.165) is 18.8 Å². The fourth-order valence-corrected chi connectivity index (χ4v) is 2.41. The average molecular weight is 275 g/mol. The summed E-state index contributed by atoms with van der Waals surface area (Å²) >= 11 is 2.01. The highest BCUT2D eigenvalue weighted by Crippen LogP contribution is 2.11. The first kappa shape index (κ1) is 16.8. The third kappa shape index (κ3) is 8.50. The molecule has 0 aliphatic rings. The molecule has 1 aromatic rings. The smallest absolute Gasteiger partial charge is 0.0185 e. The number of hydrogen-bond acceptors (Lipinski definition) is 3. The predicted octanol–water partition coefficient (Wildman–Crippen LogP) is 2.49. The van der Waals surface area contributed by atoms with Gasteiger partial charge in [-0.2, -0.15) is 11.8 Å². The van der Waals surface area contributed by atoms with Gasteiger partial charge in [-0.1, -0.05) is 30.3 Å². The van der Waals surface area contributed by atoms with Gasteiger partial charge in [-0.15, -0.1) is 12.4 Å². The maximum Gasteiger partial charge on any atom is 0.0185 e. The summed E-state index contributed by atoms with van der Waals surface area (Å²) in [5.74, 6) is 2.33. The lowest BCUT2D eigenvalue weighted by atomic mass is 10.2. The number of halogens is 1. The number of rotatable bonds is 8. The minimum Gasteiger partial charge on any atom is -0.318 e. The summed E-state index contributed by atoms with van der Waals surface area (Å²) in [6.07, 6.45) is 0. The Kier molecular flexibility index (Phi) is 10.8. The van der Waals surface area contributed by atoms with Crippen LogP contribution in [0.3, 0.4) is 0 Å². The Bertz CT molecular complexity index is 269. The van der Waals surface area contributed by atoms with Crippen LogP contribution in [-0.4, -0.2) is 44.4 Å². The number of nitrogens with one attached hydrogen (secondary N) is 1. The number of thioether (sulfide) groups is 1. The zero-order chi connectivity index (χ0) is 11.6. The molecular formula is C13H23ClN2S. The number of benzene rings is 1. The van der Waals surface area contributed by atoms with E-state index in [1.54, 1.807) is 0 Å². The van der Waals surface area contributed by atoms with Crippen LogP contribution in [0.5, 0.6) is 0 Å². The third-order valence-electron chi connectivity index (χ3n) is 2.47.